The van der Waals surface area contributed by atoms with Crippen LogP contribution in [0.15, 0.2) is 23.3 Å². The van der Waals surface area contributed by atoms with Crippen LogP contribution < -0.4 is 10.6 Å². The zero-order valence-electron chi connectivity index (χ0n) is 8.49. The second-order valence-corrected chi connectivity index (χ2v) is 4.63. The third kappa shape index (κ3) is 0.943. The minimum absolute atomic E-state index is 0.164. The molecule has 3 aliphatic rings. The van der Waals surface area contributed by atoms with Gasteiger partial charge in [0.15, 0.2) is 0 Å². The molecule has 4 atom stereocenters. The summed E-state index contributed by atoms with van der Waals surface area (Å²) in [5.74, 6) is 1.51. The monoisotopic (exact) mass is 220 g/mol. The molecule has 0 saturated heterocycles. The molecule has 0 aromatic heterocycles. The van der Waals surface area contributed by atoms with Crippen molar-refractivity contribution in [1.82, 2.24) is 15.3 Å². The molecule has 2 N–H and O–H groups in total. The summed E-state index contributed by atoms with van der Waals surface area (Å²) in [6.45, 7) is 2.18. The highest BCUT2D eigenvalue weighted by molar-refractivity contribution is 7.13. The molecule has 78 valence electrons. The SMILES string of the molecule is CC[C@H]1NC2=C3C(C#N)NC=C([C@H]31)N2P. The van der Waals surface area contributed by atoms with Gasteiger partial charge in [-0.25, -0.2) is 0 Å². The number of nitrogens with zero attached hydrogens (tertiary/aromatic N) is 2. The van der Waals surface area contributed by atoms with Crippen molar-refractivity contribution in [2.24, 2.45) is 5.92 Å². The van der Waals surface area contributed by atoms with Crippen LogP contribution in [-0.2, 0) is 0 Å². The Morgan fingerprint density at radius 3 is 3.13 bits per heavy atom. The van der Waals surface area contributed by atoms with E-state index < -0.39 is 0 Å². The van der Waals surface area contributed by atoms with Gasteiger partial charge in [0, 0.05) is 29.4 Å². The number of nitrogens with one attached hydrogen (secondary N) is 2. The van der Waals surface area contributed by atoms with E-state index in [0.717, 1.165) is 12.2 Å². The van der Waals surface area contributed by atoms with Gasteiger partial charge in [-0.05, 0) is 15.8 Å². The lowest BCUT2D eigenvalue weighted by atomic mass is 9.86. The molecule has 0 spiro atoms. The average molecular weight is 220 g/mol. The van der Waals surface area contributed by atoms with Crippen molar-refractivity contribution in [2.45, 2.75) is 25.4 Å². The fourth-order valence-corrected chi connectivity index (χ4v) is 3.20. The van der Waals surface area contributed by atoms with Gasteiger partial charge in [-0.15, -0.1) is 0 Å². The van der Waals surface area contributed by atoms with Gasteiger partial charge in [0.2, 0.25) is 0 Å². The summed E-state index contributed by atoms with van der Waals surface area (Å²) >= 11 is 0. The van der Waals surface area contributed by atoms with E-state index in [-0.39, 0.29) is 6.04 Å². The predicted molar refractivity (Wildman–Crippen MR) is 59.9 cm³/mol. The maximum atomic E-state index is 9.09. The van der Waals surface area contributed by atoms with Crippen LogP contribution in [0.1, 0.15) is 13.3 Å². The maximum Gasteiger partial charge on any atom is 0.140 e. The molecule has 0 fully saturated rings. The second kappa shape index (κ2) is 2.90. The van der Waals surface area contributed by atoms with Crippen molar-refractivity contribution >= 4 is 9.39 Å². The summed E-state index contributed by atoms with van der Waals surface area (Å²) in [7, 11) is 2.70. The Kier molecular flexibility index (Phi) is 1.75. The lowest BCUT2D eigenvalue weighted by Crippen LogP contribution is -2.42. The molecule has 0 aromatic rings. The molecule has 5 heteroatoms. The number of rotatable bonds is 1. The predicted octanol–water partition coefficient (Wildman–Crippen LogP) is 0.638. The van der Waals surface area contributed by atoms with Crippen LogP contribution in [0, 0.1) is 17.2 Å². The van der Waals surface area contributed by atoms with E-state index in [0.29, 0.717) is 12.0 Å². The third-order valence-electron chi connectivity index (χ3n) is 3.45. The first-order chi connectivity index (χ1) is 7.27. The van der Waals surface area contributed by atoms with Crippen molar-refractivity contribution in [3.63, 3.8) is 0 Å². The Bertz CT molecular complexity index is 420. The maximum absolute atomic E-state index is 9.09. The van der Waals surface area contributed by atoms with Crippen LogP contribution in [0.2, 0.25) is 0 Å². The first-order valence-corrected chi connectivity index (χ1v) is 5.70. The van der Waals surface area contributed by atoms with Crippen molar-refractivity contribution in [3.8, 4) is 6.07 Å². The van der Waals surface area contributed by atoms with Crippen molar-refractivity contribution in [2.75, 3.05) is 0 Å². The summed E-state index contributed by atoms with van der Waals surface area (Å²) in [5, 5.41) is 15.7. The van der Waals surface area contributed by atoms with E-state index >= 15 is 0 Å². The highest BCUT2D eigenvalue weighted by atomic mass is 31.0. The molecular weight excluding hydrogens is 207 g/mol. The third-order valence-corrected chi connectivity index (χ3v) is 4.00. The second-order valence-electron chi connectivity index (χ2n) is 4.11. The summed E-state index contributed by atoms with van der Waals surface area (Å²) < 4.78 is 2.08. The Labute approximate surface area is 91.3 Å². The fraction of sp³-hybridized carbons (Fsp3) is 0.500. The Morgan fingerprint density at radius 1 is 1.67 bits per heavy atom. The van der Waals surface area contributed by atoms with Gasteiger partial charge in [-0.3, -0.25) is 0 Å². The molecule has 0 aromatic carbocycles. The van der Waals surface area contributed by atoms with Gasteiger partial charge in [0.25, 0.3) is 0 Å². The van der Waals surface area contributed by atoms with Crippen LogP contribution in [0.3, 0.4) is 0 Å². The molecule has 3 heterocycles. The first-order valence-electron chi connectivity index (χ1n) is 5.19. The van der Waals surface area contributed by atoms with E-state index in [1.54, 1.807) is 0 Å². The number of nitriles is 1. The lowest BCUT2D eigenvalue weighted by molar-refractivity contribution is 0.386. The molecule has 2 unspecified atom stereocenters. The van der Waals surface area contributed by atoms with Gasteiger partial charge in [-0.1, -0.05) is 6.92 Å². The Hall–Kier alpha value is -1.20. The highest BCUT2D eigenvalue weighted by Gasteiger charge is 2.50. The zero-order chi connectivity index (χ0) is 10.6. The van der Waals surface area contributed by atoms with Gasteiger partial charge < -0.3 is 15.3 Å². The number of hydrogen-bond acceptors (Lipinski definition) is 4. The molecule has 0 amide bonds. The minimum Gasteiger partial charge on any atom is -0.371 e. The largest absolute Gasteiger partial charge is 0.371 e. The van der Waals surface area contributed by atoms with E-state index in [1.165, 1.54) is 11.3 Å². The quantitative estimate of drug-likeness (QED) is 0.637. The summed E-state index contributed by atoms with van der Waals surface area (Å²) in [6, 6.07) is 2.61. The fourth-order valence-electron chi connectivity index (χ4n) is 2.74. The number of hydrogen-bond donors (Lipinski definition) is 2. The Morgan fingerprint density at radius 2 is 2.47 bits per heavy atom. The molecular formula is C10H13N4P. The normalized spacial score (nSPS) is 35.9. The summed E-state index contributed by atoms with van der Waals surface area (Å²) in [4.78, 5) is 0. The first kappa shape index (κ1) is 9.06. The van der Waals surface area contributed by atoms with Crippen LogP contribution in [0.25, 0.3) is 0 Å². The molecule has 0 saturated carbocycles. The minimum atomic E-state index is -0.164. The molecule has 15 heavy (non-hydrogen) atoms. The van der Waals surface area contributed by atoms with E-state index in [2.05, 4.69) is 37.7 Å². The molecule has 4 bridgehead atoms. The standard InChI is InChI=1S/C10H13N4P/c1-2-5-8-7-4-12-6(3-11)9(8)10(13-5)14(7)15/h4-6,8,12-13H,2,15H2,1H3/t5-,6?,8-/m1/s1. The van der Waals surface area contributed by atoms with E-state index in [1.807, 2.05) is 6.20 Å². The molecule has 3 rings (SSSR count). The van der Waals surface area contributed by atoms with Crippen molar-refractivity contribution in [1.29, 1.82) is 5.26 Å². The van der Waals surface area contributed by atoms with Crippen molar-refractivity contribution in [3.05, 3.63) is 23.3 Å². The topological polar surface area (TPSA) is 51.1 Å². The lowest BCUT2D eigenvalue weighted by Gasteiger charge is -2.34. The smallest absolute Gasteiger partial charge is 0.140 e. The van der Waals surface area contributed by atoms with Crippen LogP contribution in [0.4, 0.5) is 0 Å². The van der Waals surface area contributed by atoms with Gasteiger partial charge in [0.05, 0.1) is 6.07 Å². The zero-order valence-corrected chi connectivity index (χ0v) is 9.64. The van der Waals surface area contributed by atoms with Crippen LogP contribution in [-0.4, -0.2) is 16.8 Å². The van der Waals surface area contributed by atoms with Crippen LogP contribution in [0.5, 0.6) is 0 Å². The molecule has 0 radical (unpaired) electrons. The summed E-state index contributed by atoms with van der Waals surface area (Å²) in [6.07, 6.45) is 3.07. The Balaban J connectivity index is 2.09. The van der Waals surface area contributed by atoms with Crippen molar-refractivity contribution < 1.29 is 0 Å². The van der Waals surface area contributed by atoms with Crippen LogP contribution >= 0.6 is 9.39 Å². The summed E-state index contributed by atoms with van der Waals surface area (Å²) in [5.41, 5.74) is 2.49. The van der Waals surface area contributed by atoms with E-state index in [4.69, 9.17) is 5.26 Å². The highest BCUT2D eigenvalue weighted by Crippen LogP contribution is 2.49. The van der Waals surface area contributed by atoms with Gasteiger partial charge >= 0.3 is 0 Å². The average Bonchev–Trinajstić information content (AvgIpc) is 2.73. The van der Waals surface area contributed by atoms with Gasteiger partial charge in [-0.2, -0.15) is 5.26 Å². The molecule has 3 aliphatic heterocycles. The van der Waals surface area contributed by atoms with Gasteiger partial charge in [0.1, 0.15) is 11.9 Å². The molecule has 4 nitrogen and oxygen atoms in total. The van der Waals surface area contributed by atoms with E-state index in [9.17, 15) is 0 Å². The molecule has 0 aliphatic carbocycles.